The van der Waals surface area contributed by atoms with Crippen molar-refractivity contribution in [1.82, 2.24) is 0 Å². The van der Waals surface area contributed by atoms with Crippen molar-refractivity contribution < 1.29 is 0 Å². The topological polar surface area (TPSA) is 52.0 Å². The summed E-state index contributed by atoms with van der Waals surface area (Å²) >= 11 is 8.68. The molecule has 4 N–H and O–H groups in total. The first-order chi connectivity index (χ1) is 11.6. The summed E-state index contributed by atoms with van der Waals surface area (Å²) in [5.41, 5.74) is 13.0. The van der Waals surface area contributed by atoms with E-state index < -0.39 is 0 Å². The summed E-state index contributed by atoms with van der Waals surface area (Å²) in [6.45, 7) is 0. The van der Waals surface area contributed by atoms with Crippen LogP contribution in [0.2, 0.25) is 0 Å². The summed E-state index contributed by atoms with van der Waals surface area (Å²) in [4.78, 5) is 1.91. The molecule has 0 fully saturated rings. The maximum Gasteiger partial charge on any atom is 0.0404 e. The molecule has 0 amide bonds. The summed E-state index contributed by atoms with van der Waals surface area (Å²) in [5.74, 6) is 0. The Morgan fingerprint density at radius 3 is 1.96 bits per heavy atom. The first-order valence-electron chi connectivity index (χ1n) is 7.49. The average Bonchev–Trinajstić information content (AvgIpc) is 2.57. The maximum atomic E-state index is 5.81. The summed E-state index contributed by atoms with van der Waals surface area (Å²) < 4.78 is 0. The van der Waals surface area contributed by atoms with Gasteiger partial charge in [0.15, 0.2) is 0 Å². The van der Waals surface area contributed by atoms with Gasteiger partial charge < -0.3 is 11.5 Å². The Bertz CT molecular complexity index is 976. The molecular weight excluding hydrogens is 332 g/mol. The van der Waals surface area contributed by atoms with Gasteiger partial charge in [-0.25, -0.2) is 0 Å². The third-order valence-electron chi connectivity index (χ3n) is 3.80. The van der Waals surface area contributed by atoms with Gasteiger partial charge in [0.2, 0.25) is 0 Å². The van der Waals surface area contributed by atoms with Gasteiger partial charge in [0.1, 0.15) is 0 Å². The molecular formula is C20H18N2S2. The Balaban J connectivity index is 0.000000141. The summed E-state index contributed by atoms with van der Waals surface area (Å²) in [6.07, 6.45) is 0. The first-order valence-corrected chi connectivity index (χ1v) is 8.39. The van der Waals surface area contributed by atoms with Gasteiger partial charge in [0, 0.05) is 26.6 Å². The number of fused-ring (bicyclic) bond motifs is 2. The maximum absolute atomic E-state index is 5.81. The molecule has 0 bridgehead atoms. The zero-order valence-corrected chi connectivity index (χ0v) is 14.8. The second-order valence-corrected chi connectivity index (χ2v) is 6.44. The third kappa shape index (κ3) is 3.45. The minimum atomic E-state index is 0.781. The van der Waals surface area contributed by atoms with Crippen molar-refractivity contribution in [3.05, 3.63) is 72.8 Å². The predicted octanol–water partition coefficient (Wildman–Crippen LogP) is 5.42. The van der Waals surface area contributed by atoms with Crippen LogP contribution in [-0.4, -0.2) is 0 Å². The average molecular weight is 351 g/mol. The van der Waals surface area contributed by atoms with E-state index in [-0.39, 0.29) is 0 Å². The molecule has 4 aromatic carbocycles. The largest absolute Gasteiger partial charge is 0.399 e. The predicted molar refractivity (Wildman–Crippen MR) is 111 cm³/mol. The van der Waals surface area contributed by atoms with Crippen molar-refractivity contribution in [1.29, 1.82) is 0 Å². The number of hydrogen-bond acceptors (Lipinski definition) is 4. The molecule has 0 aliphatic carbocycles. The zero-order valence-electron chi connectivity index (χ0n) is 13.0. The van der Waals surface area contributed by atoms with E-state index >= 15 is 0 Å². The van der Waals surface area contributed by atoms with Crippen molar-refractivity contribution in [3.8, 4) is 0 Å². The fourth-order valence-electron chi connectivity index (χ4n) is 2.62. The van der Waals surface area contributed by atoms with Gasteiger partial charge in [-0.15, -0.1) is 25.3 Å². The Hall–Kier alpha value is -2.30. The van der Waals surface area contributed by atoms with E-state index in [0.717, 1.165) is 37.3 Å². The Kier molecular flexibility index (Phi) is 4.88. The Labute approximate surface area is 152 Å². The molecule has 4 heteroatoms. The molecule has 24 heavy (non-hydrogen) atoms. The number of benzene rings is 4. The van der Waals surface area contributed by atoms with Crippen LogP contribution in [0.4, 0.5) is 11.4 Å². The number of thiol groups is 2. The van der Waals surface area contributed by atoms with Crippen molar-refractivity contribution >= 4 is 58.2 Å². The van der Waals surface area contributed by atoms with E-state index in [1.807, 2.05) is 66.7 Å². The van der Waals surface area contributed by atoms with Crippen LogP contribution in [-0.2, 0) is 0 Å². The second-order valence-electron chi connectivity index (χ2n) is 5.48. The number of hydrogen-bond donors (Lipinski definition) is 4. The lowest BCUT2D eigenvalue weighted by Gasteiger charge is -2.03. The van der Waals surface area contributed by atoms with Crippen LogP contribution < -0.4 is 11.5 Å². The molecule has 0 aromatic heterocycles. The van der Waals surface area contributed by atoms with E-state index in [4.69, 9.17) is 11.5 Å². The molecule has 0 atom stereocenters. The normalized spacial score (nSPS) is 10.4. The van der Waals surface area contributed by atoms with Gasteiger partial charge in [0.25, 0.3) is 0 Å². The number of anilines is 2. The highest BCUT2D eigenvalue weighted by Crippen LogP contribution is 2.26. The molecule has 0 spiro atoms. The lowest BCUT2D eigenvalue weighted by Crippen LogP contribution is -1.86. The van der Waals surface area contributed by atoms with Crippen LogP contribution in [0.3, 0.4) is 0 Å². The SMILES string of the molecule is Nc1ccc2cccc(S)c2c1.Nc1cccc2cccc(S)c12. The van der Waals surface area contributed by atoms with Crippen molar-refractivity contribution in [2.45, 2.75) is 9.79 Å². The van der Waals surface area contributed by atoms with Gasteiger partial charge >= 0.3 is 0 Å². The fraction of sp³-hybridized carbons (Fsp3) is 0. The number of nitrogen functional groups attached to an aromatic ring is 2. The standard InChI is InChI=1S/2C10H9NS/c11-8-5-1-3-7-4-2-6-9(12)10(7)8;11-8-5-4-7-2-1-3-10(12)9(7)6-8/h2*1-6,12H,11H2. The molecule has 4 aromatic rings. The monoisotopic (exact) mass is 350 g/mol. The quantitative estimate of drug-likeness (QED) is 0.253. The minimum Gasteiger partial charge on any atom is -0.399 e. The fourth-order valence-corrected chi connectivity index (χ4v) is 3.25. The first kappa shape index (κ1) is 16.6. The van der Waals surface area contributed by atoms with E-state index in [1.165, 1.54) is 5.39 Å². The highest BCUT2D eigenvalue weighted by atomic mass is 32.1. The summed E-state index contributed by atoms with van der Waals surface area (Å²) in [6, 6.07) is 23.7. The van der Waals surface area contributed by atoms with Crippen molar-refractivity contribution in [2.24, 2.45) is 0 Å². The minimum absolute atomic E-state index is 0.781. The third-order valence-corrected chi connectivity index (χ3v) is 4.56. The van der Waals surface area contributed by atoms with Crippen LogP contribution in [0.25, 0.3) is 21.5 Å². The van der Waals surface area contributed by atoms with E-state index in [2.05, 4.69) is 31.3 Å². The molecule has 4 rings (SSSR count). The smallest absolute Gasteiger partial charge is 0.0404 e. The molecule has 0 aliphatic rings. The molecule has 0 saturated carbocycles. The molecule has 120 valence electrons. The van der Waals surface area contributed by atoms with Gasteiger partial charge in [-0.3, -0.25) is 0 Å². The molecule has 0 saturated heterocycles. The second kappa shape index (κ2) is 7.07. The van der Waals surface area contributed by atoms with Gasteiger partial charge in [0.05, 0.1) is 0 Å². The molecule has 0 heterocycles. The Morgan fingerprint density at radius 2 is 1.25 bits per heavy atom. The van der Waals surface area contributed by atoms with Crippen LogP contribution in [0, 0.1) is 0 Å². The van der Waals surface area contributed by atoms with E-state index in [9.17, 15) is 0 Å². The Morgan fingerprint density at radius 1 is 0.625 bits per heavy atom. The van der Waals surface area contributed by atoms with Gasteiger partial charge in [-0.1, -0.05) is 42.5 Å². The summed E-state index contributed by atoms with van der Waals surface area (Å²) in [5, 5.41) is 4.48. The van der Waals surface area contributed by atoms with E-state index in [0.29, 0.717) is 0 Å². The molecule has 0 unspecified atom stereocenters. The zero-order chi connectivity index (χ0) is 17.1. The van der Waals surface area contributed by atoms with E-state index in [1.54, 1.807) is 0 Å². The highest BCUT2D eigenvalue weighted by molar-refractivity contribution is 7.80. The van der Waals surface area contributed by atoms with Crippen LogP contribution >= 0.6 is 25.3 Å². The number of rotatable bonds is 0. The molecule has 0 aliphatic heterocycles. The number of nitrogens with two attached hydrogens (primary N) is 2. The van der Waals surface area contributed by atoms with Gasteiger partial charge in [-0.2, -0.15) is 0 Å². The van der Waals surface area contributed by atoms with Crippen LogP contribution in [0.5, 0.6) is 0 Å². The summed E-state index contributed by atoms with van der Waals surface area (Å²) in [7, 11) is 0. The van der Waals surface area contributed by atoms with Crippen molar-refractivity contribution in [3.63, 3.8) is 0 Å². The van der Waals surface area contributed by atoms with Crippen molar-refractivity contribution in [2.75, 3.05) is 11.5 Å². The van der Waals surface area contributed by atoms with Crippen LogP contribution in [0.1, 0.15) is 0 Å². The van der Waals surface area contributed by atoms with Crippen LogP contribution in [0.15, 0.2) is 82.6 Å². The molecule has 0 radical (unpaired) electrons. The lowest BCUT2D eigenvalue weighted by molar-refractivity contribution is 1.56. The highest BCUT2D eigenvalue weighted by Gasteiger charge is 1.99. The molecule has 2 nitrogen and oxygen atoms in total. The van der Waals surface area contributed by atoms with Gasteiger partial charge in [-0.05, 0) is 46.5 Å². The lowest BCUT2D eigenvalue weighted by atomic mass is 10.1.